The molecular weight excluding hydrogens is 415 g/mol. The van der Waals surface area contributed by atoms with Gasteiger partial charge >= 0.3 is 0 Å². The highest BCUT2D eigenvalue weighted by Gasteiger charge is 2.37. The van der Waals surface area contributed by atoms with Crippen LogP contribution < -0.4 is 19.3 Å². The SMILES string of the molecule is CCOCc1nnc(N2CC(N3CCOc4cc(F)ccc43)C2)n1-c1ccc(OC)nc1. The Morgan fingerprint density at radius 2 is 2.06 bits per heavy atom. The first-order chi connectivity index (χ1) is 15.7. The van der Waals surface area contributed by atoms with E-state index in [1.54, 1.807) is 19.4 Å². The molecule has 168 valence electrons. The third kappa shape index (κ3) is 3.70. The zero-order valence-corrected chi connectivity index (χ0v) is 18.1. The molecule has 3 aromatic rings. The summed E-state index contributed by atoms with van der Waals surface area (Å²) in [6.07, 6.45) is 1.74. The van der Waals surface area contributed by atoms with Crippen LogP contribution in [0.4, 0.5) is 16.0 Å². The first kappa shape index (κ1) is 20.5. The van der Waals surface area contributed by atoms with Crippen LogP contribution in [0.1, 0.15) is 12.7 Å². The highest BCUT2D eigenvalue weighted by molar-refractivity contribution is 5.62. The largest absolute Gasteiger partial charge is 0.489 e. The van der Waals surface area contributed by atoms with Crippen molar-refractivity contribution in [1.82, 2.24) is 19.7 Å². The molecule has 0 aliphatic carbocycles. The van der Waals surface area contributed by atoms with E-state index in [2.05, 4.69) is 25.0 Å². The van der Waals surface area contributed by atoms with Crippen LogP contribution >= 0.6 is 0 Å². The first-order valence-corrected chi connectivity index (χ1v) is 10.6. The molecule has 0 radical (unpaired) electrons. The van der Waals surface area contributed by atoms with Crippen molar-refractivity contribution in [1.29, 1.82) is 0 Å². The van der Waals surface area contributed by atoms with E-state index in [9.17, 15) is 4.39 Å². The van der Waals surface area contributed by atoms with Crippen LogP contribution in [0.15, 0.2) is 36.5 Å². The van der Waals surface area contributed by atoms with E-state index in [0.29, 0.717) is 37.3 Å². The average Bonchev–Trinajstić information content (AvgIpc) is 3.20. The molecule has 2 aliphatic rings. The van der Waals surface area contributed by atoms with Gasteiger partial charge in [0.1, 0.15) is 24.8 Å². The Morgan fingerprint density at radius 1 is 1.19 bits per heavy atom. The number of halogens is 1. The summed E-state index contributed by atoms with van der Waals surface area (Å²) in [5, 5.41) is 8.82. The van der Waals surface area contributed by atoms with Gasteiger partial charge in [0, 0.05) is 31.8 Å². The molecule has 0 spiro atoms. The number of benzene rings is 1. The van der Waals surface area contributed by atoms with Crippen LogP contribution in [0.5, 0.6) is 11.6 Å². The van der Waals surface area contributed by atoms with Crippen molar-refractivity contribution in [2.75, 3.05) is 49.8 Å². The van der Waals surface area contributed by atoms with E-state index in [4.69, 9.17) is 14.2 Å². The summed E-state index contributed by atoms with van der Waals surface area (Å²) in [4.78, 5) is 8.79. The summed E-state index contributed by atoms with van der Waals surface area (Å²) < 4.78 is 32.0. The molecule has 10 heteroatoms. The Bertz CT molecular complexity index is 1080. The summed E-state index contributed by atoms with van der Waals surface area (Å²) in [6, 6.07) is 8.73. The fraction of sp³-hybridized carbons (Fsp3) is 0.409. The molecule has 0 atom stereocenters. The molecule has 0 saturated carbocycles. The first-order valence-electron chi connectivity index (χ1n) is 10.6. The van der Waals surface area contributed by atoms with Crippen molar-refractivity contribution in [3.8, 4) is 17.3 Å². The smallest absolute Gasteiger partial charge is 0.232 e. The Kier molecular flexibility index (Phi) is 5.52. The lowest BCUT2D eigenvalue weighted by molar-refractivity contribution is 0.127. The molecular formula is C22H25FN6O3. The maximum Gasteiger partial charge on any atom is 0.232 e. The summed E-state index contributed by atoms with van der Waals surface area (Å²) in [5.41, 5.74) is 1.77. The standard InChI is InChI=1S/C22H25FN6O3/c1-3-31-14-20-25-26-22(29(20)16-5-7-21(30-2)24-11-16)27-12-17(13-27)28-8-9-32-19-10-15(23)4-6-18(19)28/h4-7,10-11,17H,3,8-9,12-14H2,1-2H3. The van der Waals surface area contributed by atoms with Crippen molar-refractivity contribution in [2.24, 2.45) is 0 Å². The second-order valence-electron chi connectivity index (χ2n) is 7.66. The van der Waals surface area contributed by atoms with E-state index in [-0.39, 0.29) is 11.9 Å². The fourth-order valence-corrected chi connectivity index (χ4v) is 4.10. The molecule has 1 aromatic carbocycles. The predicted octanol–water partition coefficient (Wildman–Crippen LogP) is 2.43. The number of pyridine rings is 1. The number of anilines is 2. The summed E-state index contributed by atoms with van der Waals surface area (Å²) in [6.45, 7) is 5.74. The van der Waals surface area contributed by atoms with Gasteiger partial charge in [0.15, 0.2) is 5.82 Å². The van der Waals surface area contributed by atoms with Gasteiger partial charge in [0.25, 0.3) is 0 Å². The van der Waals surface area contributed by atoms with Crippen molar-refractivity contribution >= 4 is 11.6 Å². The number of ether oxygens (including phenoxy) is 3. The van der Waals surface area contributed by atoms with E-state index in [1.165, 1.54) is 12.1 Å². The minimum Gasteiger partial charge on any atom is -0.489 e. The Balaban J connectivity index is 1.38. The minimum absolute atomic E-state index is 0.276. The third-order valence-electron chi connectivity index (χ3n) is 5.74. The maximum absolute atomic E-state index is 13.6. The van der Waals surface area contributed by atoms with Gasteiger partial charge in [0.05, 0.1) is 37.3 Å². The lowest BCUT2D eigenvalue weighted by Crippen LogP contribution is -2.61. The highest BCUT2D eigenvalue weighted by atomic mass is 19.1. The number of fused-ring (bicyclic) bond motifs is 1. The van der Waals surface area contributed by atoms with Gasteiger partial charge in [-0.3, -0.25) is 4.57 Å². The molecule has 1 saturated heterocycles. The minimum atomic E-state index is -0.288. The molecule has 0 N–H and O–H groups in total. The van der Waals surface area contributed by atoms with Gasteiger partial charge in [-0.2, -0.15) is 0 Å². The van der Waals surface area contributed by atoms with Crippen molar-refractivity contribution in [2.45, 2.75) is 19.6 Å². The number of hydrogen-bond donors (Lipinski definition) is 0. The van der Waals surface area contributed by atoms with Crippen LogP contribution in [0.2, 0.25) is 0 Å². The second kappa shape index (κ2) is 8.62. The predicted molar refractivity (Wildman–Crippen MR) is 116 cm³/mol. The Hall–Kier alpha value is -3.40. The van der Waals surface area contributed by atoms with Crippen molar-refractivity contribution < 1.29 is 18.6 Å². The monoisotopic (exact) mass is 440 g/mol. The lowest BCUT2D eigenvalue weighted by Gasteiger charge is -2.48. The maximum atomic E-state index is 13.6. The molecule has 2 aliphatic heterocycles. The van der Waals surface area contributed by atoms with E-state index < -0.39 is 0 Å². The van der Waals surface area contributed by atoms with Crippen LogP contribution in [-0.2, 0) is 11.3 Å². The number of methoxy groups -OCH3 is 1. The van der Waals surface area contributed by atoms with E-state index >= 15 is 0 Å². The molecule has 1 fully saturated rings. The summed E-state index contributed by atoms with van der Waals surface area (Å²) in [7, 11) is 1.59. The summed E-state index contributed by atoms with van der Waals surface area (Å²) >= 11 is 0. The molecule has 2 aromatic heterocycles. The van der Waals surface area contributed by atoms with E-state index in [1.807, 2.05) is 23.6 Å². The molecule has 32 heavy (non-hydrogen) atoms. The van der Waals surface area contributed by atoms with Crippen molar-refractivity contribution in [3.63, 3.8) is 0 Å². The normalized spacial score (nSPS) is 15.8. The van der Waals surface area contributed by atoms with Gasteiger partial charge < -0.3 is 24.0 Å². The zero-order valence-electron chi connectivity index (χ0n) is 18.1. The third-order valence-corrected chi connectivity index (χ3v) is 5.74. The summed E-state index contributed by atoms with van der Waals surface area (Å²) in [5.74, 6) is 2.31. The Labute approximate surface area is 185 Å². The van der Waals surface area contributed by atoms with Gasteiger partial charge in [0.2, 0.25) is 11.8 Å². The lowest BCUT2D eigenvalue weighted by atomic mass is 10.1. The number of aromatic nitrogens is 4. The number of rotatable bonds is 7. The fourth-order valence-electron chi connectivity index (χ4n) is 4.10. The molecule has 5 rings (SSSR count). The van der Waals surface area contributed by atoms with Crippen LogP contribution in [0.25, 0.3) is 5.69 Å². The molecule has 0 bridgehead atoms. The molecule has 4 heterocycles. The quantitative estimate of drug-likeness (QED) is 0.555. The second-order valence-corrected chi connectivity index (χ2v) is 7.66. The van der Waals surface area contributed by atoms with Gasteiger partial charge in [-0.15, -0.1) is 10.2 Å². The number of nitrogens with zero attached hydrogens (tertiary/aromatic N) is 6. The van der Waals surface area contributed by atoms with Crippen molar-refractivity contribution in [3.05, 3.63) is 48.2 Å². The number of hydrogen-bond acceptors (Lipinski definition) is 8. The van der Waals surface area contributed by atoms with Gasteiger partial charge in [-0.1, -0.05) is 0 Å². The van der Waals surface area contributed by atoms with E-state index in [0.717, 1.165) is 37.0 Å². The zero-order chi connectivity index (χ0) is 22.1. The average molecular weight is 440 g/mol. The molecule has 9 nitrogen and oxygen atoms in total. The van der Waals surface area contributed by atoms with Gasteiger partial charge in [-0.25, -0.2) is 9.37 Å². The highest BCUT2D eigenvalue weighted by Crippen LogP contribution is 2.36. The van der Waals surface area contributed by atoms with Crippen LogP contribution in [0.3, 0.4) is 0 Å². The Morgan fingerprint density at radius 3 is 2.81 bits per heavy atom. The molecule has 0 unspecified atom stereocenters. The molecule has 0 amide bonds. The van der Waals surface area contributed by atoms with Crippen LogP contribution in [0, 0.1) is 5.82 Å². The van der Waals surface area contributed by atoms with Crippen LogP contribution in [-0.4, -0.2) is 65.7 Å². The van der Waals surface area contributed by atoms with Gasteiger partial charge in [-0.05, 0) is 25.1 Å². The topological polar surface area (TPSA) is 77.8 Å².